The Labute approximate surface area is 269 Å². The van der Waals surface area contributed by atoms with E-state index < -0.39 is 27.0 Å². The average molecular weight is 654 g/mol. The number of halogens is 1. The van der Waals surface area contributed by atoms with Crippen LogP contribution in [0.15, 0.2) is 41.4 Å². The molecule has 6 rings (SSSR count). The van der Waals surface area contributed by atoms with Crippen LogP contribution in [0.3, 0.4) is 0 Å². The number of fused-ring (bicyclic) bond motifs is 2. The van der Waals surface area contributed by atoms with Crippen LogP contribution >= 0.6 is 11.6 Å². The Morgan fingerprint density at radius 3 is 2.49 bits per heavy atom. The molecular weight excluding hydrogens is 614 g/mol. The summed E-state index contributed by atoms with van der Waals surface area (Å²) in [5.74, 6) is 0.0365. The zero-order valence-corrected chi connectivity index (χ0v) is 27.5. The lowest BCUT2D eigenvalue weighted by atomic mass is 9.70. The van der Waals surface area contributed by atoms with Gasteiger partial charge in [0.05, 0.1) is 19.1 Å². The third-order valence-electron chi connectivity index (χ3n) is 9.12. The molecule has 4 aromatic rings. The summed E-state index contributed by atoms with van der Waals surface area (Å²) in [4.78, 5) is 17.6. The second kappa shape index (κ2) is 11.4. The van der Waals surface area contributed by atoms with Gasteiger partial charge in [0, 0.05) is 18.7 Å². The van der Waals surface area contributed by atoms with Crippen molar-refractivity contribution in [3.05, 3.63) is 80.9 Å². The van der Waals surface area contributed by atoms with Crippen molar-refractivity contribution >= 4 is 33.2 Å². The molecule has 0 bridgehead atoms. The van der Waals surface area contributed by atoms with Crippen molar-refractivity contribution in [2.24, 2.45) is 5.41 Å². The molecule has 3 aromatic heterocycles. The number of benzene rings is 1. The molecule has 4 heterocycles. The predicted octanol–water partition coefficient (Wildman–Crippen LogP) is 6.09. The molecule has 1 aliphatic carbocycles. The van der Waals surface area contributed by atoms with Gasteiger partial charge in [-0.25, -0.2) is 13.4 Å². The lowest BCUT2D eigenvalue weighted by Crippen LogP contribution is -2.38. The van der Waals surface area contributed by atoms with E-state index in [0.29, 0.717) is 11.2 Å². The molecule has 0 unspecified atom stereocenters. The molecule has 10 nitrogen and oxygen atoms in total. The Kier molecular flexibility index (Phi) is 8.29. The molecule has 1 saturated carbocycles. The Morgan fingerprint density at radius 2 is 1.82 bits per heavy atom. The Balaban J connectivity index is 0.00000400. The van der Waals surface area contributed by atoms with E-state index in [1.54, 1.807) is 6.92 Å². The van der Waals surface area contributed by atoms with Crippen molar-refractivity contribution in [3.8, 4) is 5.88 Å². The van der Waals surface area contributed by atoms with Gasteiger partial charge in [0.15, 0.2) is 5.65 Å². The number of aromatic nitrogens is 4. The van der Waals surface area contributed by atoms with Crippen molar-refractivity contribution in [1.29, 1.82) is 0 Å². The van der Waals surface area contributed by atoms with Gasteiger partial charge in [-0.2, -0.15) is 4.31 Å². The first-order chi connectivity index (χ1) is 20.7. The highest BCUT2D eigenvalue weighted by Crippen LogP contribution is 2.47. The highest BCUT2D eigenvalue weighted by Gasteiger charge is 2.53. The molecule has 1 aliphatic heterocycles. The summed E-state index contributed by atoms with van der Waals surface area (Å²) >= 11 is 6.26. The monoisotopic (exact) mass is 653 g/mol. The molecule has 0 radical (unpaired) electrons. The number of rotatable bonds is 6. The van der Waals surface area contributed by atoms with E-state index in [1.807, 2.05) is 69.5 Å². The summed E-state index contributed by atoms with van der Waals surface area (Å²) in [6.07, 6.45) is 3.37. The van der Waals surface area contributed by atoms with Crippen LogP contribution in [-0.4, -0.2) is 57.5 Å². The Morgan fingerprint density at radius 1 is 1.11 bits per heavy atom. The normalized spacial score (nSPS) is 17.6. The Bertz CT molecular complexity index is 1930. The number of pyridine rings is 2. The summed E-state index contributed by atoms with van der Waals surface area (Å²) in [5.41, 5.74) is 4.10. The fourth-order valence-electron chi connectivity index (χ4n) is 6.25. The van der Waals surface area contributed by atoms with Crippen LogP contribution in [0.2, 0.25) is 5.15 Å². The van der Waals surface area contributed by atoms with E-state index in [-0.39, 0.29) is 42.4 Å². The van der Waals surface area contributed by atoms with Crippen LogP contribution in [0.25, 0.3) is 5.65 Å². The lowest BCUT2D eigenvalue weighted by Gasteiger charge is -2.34. The number of carbonyl (C=O) groups is 1. The molecule has 1 spiro atoms. The first-order valence-electron chi connectivity index (χ1n) is 14.5. The number of hydrogen-bond donors (Lipinski definition) is 0. The first-order valence-corrected chi connectivity index (χ1v) is 16.4. The van der Waals surface area contributed by atoms with Gasteiger partial charge >= 0.3 is 5.97 Å². The molecule has 1 fully saturated rings. The SMILES string of the molecule is C.COC(=O)C(C)(C)[C@H](c1ccc(C)c(CN2CC3(CC3)Oc3nc(Cl)c(C)cc3S2(=O)=O)c1)c1ccn2c(C)nnc2c1C. The van der Waals surface area contributed by atoms with Crippen LogP contribution in [0.5, 0.6) is 5.88 Å². The van der Waals surface area contributed by atoms with E-state index in [1.165, 1.54) is 17.5 Å². The minimum atomic E-state index is -3.97. The first kappa shape index (κ1) is 32.8. The molecule has 240 valence electrons. The molecule has 0 amide bonds. The topological polar surface area (TPSA) is 116 Å². The van der Waals surface area contributed by atoms with E-state index in [9.17, 15) is 13.2 Å². The maximum absolute atomic E-state index is 14.1. The van der Waals surface area contributed by atoms with Crippen LogP contribution < -0.4 is 4.74 Å². The summed E-state index contributed by atoms with van der Waals surface area (Å²) in [6, 6.07) is 9.53. The fourth-order valence-corrected chi connectivity index (χ4v) is 8.01. The third-order valence-corrected chi connectivity index (χ3v) is 11.3. The Hall–Kier alpha value is -3.54. The quantitative estimate of drug-likeness (QED) is 0.181. The predicted molar refractivity (Wildman–Crippen MR) is 172 cm³/mol. The van der Waals surface area contributed by atoms with Crippen molar-refractivity contribution < 1.29 is 22.7 Å². The van der Waals surface area contributed by atoms with Gasteiger partial charge in [0.1, 0.15) is 21.5 Å². The van der Waals surface area contributed by atoms with Gasteiger partial charge in [-0.1, -0.05) is 37.2 Å². The van der Waals surface area contributed by atoms with Crippen LogP contribution in [0.1, 0.15) is 79.2 Å². The number of aryl methyl sites for hydroxylation is 4. The zero-order chi connectivity index (χ0) is 31.8. The van der Waals surface area contributed by atoms with Crippen LogP contribution in [0, 0.1) is 33.1 Å². The van der Waals surface area contributed by atoms with Crippen molar-refractivity contribution in [2.75, 3.05) is 13.7 Å². The number of nitrogens with zero attached hydrogens (tertiary/aromatic N) is 5. The van der Waals surface area contributed by atoms with Gasteiger partial charge in [-0.05, 0) is 99.9 Å². The second-order valence-corrected chi connectivity index (χ2v) is 14.9. The highest BCUT2D eigenvalue weighted by molar-refractivity contribution is 7.89. The third kappa shape index (κ3) is 5.48. The van der Waals surface area contributed by atoms with E-state index in [2.05, 4.69) is 15.2 Å². The molecule has 1 atom stereocenters. The number of sulfonamides is 1. The number of esters is 1. The minimum absolute atomic E-state index is 0. The minimum Gasteiger partial charge on any atom is -0.469 e. The van der Waals surface area contributed by atoms with Crippen molar-refractivity contribution in [2.45, 2.75) is 84.8 Å². The molecule has 0 N–H and O–H groups in total. The summed E-state index contributed by atoms with van der Waals surface area (Å²) in [6.45, 7) is 11.6. The van der Waals surface area contributed by atoms with Gasteiger partial charge in [-0.15, -0.1) is 10.2 Å². The zero-order valence-electron chi connectivity index (χ0n) is 25.9. The number of hydrogen-bond acceptors (Lipinski definition) is 8. The van der Waals surface area contributed by atoms with Crippen LogP contribution in [-0.2, 0) is 26.1 Å². The largest absolute Gasteiger partial charge is 0.469 e. The fraction of sp³-hybridized carbons (Fsp3) is 0.455. The van der Waals surface area contributed by atoms with E-state index in [4.69, 9.17) is 21.1 Å². The molecule has 1 aromatic carbocycles. The number of ether oxygens (including phenoxy) is 2. The standard InChI is InChI=1S/C32H36ClN5O5S.CH4/c1-18-8-9-22(26(31(5,6)30(39)42-7)24-10-13-38-21(4)35-36-28(38)20(24)3)15-23(18)16-37-17-32(11-12-32)43-29-25(44(37,40)41)14-19(2)27(33)34-29;/h8-10,13-15,26H,11-12,16-17H2,1-7H3;1H4/t26-;/m1./s1. The maximum atomic E-state index is 14.1. The molecule has 0 saturated heterocycles. The van der Waals surface area contributed by atoms with Crippen molar-refractivity contribution in [3.63, 3.8) is 0 Å². The van der Waals surface area contributed by atoms with Crippen LogP contribution in [0.4, 0.5) is 0 Å². The van der Waals surface area contributed by atoms with Crippen molar-refractivity contribution in [1.82, 2.24) is 23.9 Å². The summed E-state index contributed by atoms with van der Waals surface area (Å²) in [7, 11) is -2.58. The van der Waals surface area contributed by atoms with E-state index in [0.717, 1.165) is 46.5 Å². The number of methoxy groups -OCH3 is 1. The molecular formula is C33H40ClN5O5S. The lowest BCUT2D eigenvalue weighted by molar-refractivity contribution is -0.151. The molecule has 45 heavy (non-hydrogen) atoms. The second-order valence-electron chi connectivity index (χ2n) is 12.6. The smallest absolute Gasteiger partial charge is 0.312 e. The summed E-state index contributed by atoms with van der Waals surface area (Å²) in [5, 5.41) is 8.84. The summed E-state index contributed by atoms with van der Waals surface area (Å²) < 4.78 is 43.1. The number of carbonyl (C=O) groups excluding carboxylic acids is 1. The highest BCUT2D eigenvalue weighted by atomic mass is 35.5. The van der Waals surface area contributed by atoms with Gasteiger partial charge in [0.25, 0.3) is 0 Å². The van der Waals surface area contributed by atoms with Gasteiger partial charge in [0.2, 0.25) is 15.9 Å². The van der Waals surface area contributed by atoms with Gasteiger partial charge in [-0.3, -0.25) is 9.20 Å². The van der Waals surface area contributed by atoms with Gasteiger partial charge < -0.3 is 9.47 Å². The molecule has 2 aliphatic rings. The van der Waals surface area contributed by atoms with E-state index >= 15 is 0 Å². The average Bonchev–Trinajstić information content (AvgIpc) is 3.64. The maximum Gasteiger partial charge on any atom is 0.312 e. The molecule has 12 heteroatoms.